The first-order chi connectivity index (χ1) is 5.22. The number of hydrogen-bond donors (Lipinski definition) is 1. The second kappa shape index (κ2) is 4.28. The first kappa shape index (κ1) is 9.29. The maximum Gasteiger partial charge on any atom is 0.136 e. The smallest absolute Gasteiger partial charge is 0.136 e. The summed E-state index contributed by atoms with van der Waals surface area (Å²) < 4.78 is 6.27. The van der Waals surface area contributed by atoms with Gasteiger partial charge in [0, 0.05) is 18.3 Å². The van der Waals surface area contributed by atoms with E-state index in [2.05, 4.69) is 12.2 Å². The Bertz CT molecular complexity index is 151. The van der Waals surface area contributed by atoms with Gasteiger partial charge in [-0.25, -0.2) is 0 Å². The van der Waals surface area contributed by atoms with Crippen LogP contribution in [0.25, 0.3) is 0 Å². The van der Waals surface area contributed by atoms with Crippen LogP contribution in [0.2, 0.25) is 0 Å². The molecule has 2 atom stereocenters. The summed E-state index contributed by atoms with van der Waals surface area (Å²) >= 11 is 6.76. The van der Waals surface area contributed by atoms with Gasteiger partial charge in [-0.2, -0.15) is 0 Å². The molecule has 1 aliphatic rings. The van der Waals surface area contributed by atoms with Gasteiger partial charge in [-0.3, -0.25) is 0 Å². The normalized spacial score (nSPS) is 31.6. The Hall–Kier alpha value is 0.200. The van der Waals surface area contributed by atoms with Crippen molar-refractivity contribution in [2.75, 3.05) is 6.61 Å². The standard InChI is InChI=1S/C7H13NOS2/c1-3-9-6-4-5(2)11-7(10)8-6/h5-6H,3-4H2,1-2H3,(H,8,10)/t5-,6+/m0/s1. The van der Waals surface area contributed by atoms with Gasteiger partial charge < -0.3 is 10.1 Å². The molecular formula is C7H13NOS2. The highest BCUT2D eigenvalue weighted by atomic mass is 32.2. The zero-order valence-corrected chi connectivity index (χ0v) is 8.43. The summed E-state index contributed by atoms with van der Waals surface area (Å²) in [6, 6.07) is 0. The molecular weight excluding hydrogens is 178 g/mol. The molecule has 0 bridgehead atoms. The summed E-state index contributed by atoms with van der Waals surface area (Å²) in [7, 11) is 0. The number of thiocarbonyl (C=S) groups is 1. The van der Waals surface area contributed by atoms with E-state index in [1.807, 2.05) is 6.92 Å². The van der Waals surface area contributed by atoms with Crippen molar-refractivity contribution < 1.29 is 4.74 Å². The topological polar surface area (TPSA) is 21.3 Å². The third-order valence-electron chi connectivity index (χ3n) is 1.50. The Morgan fingerprint density at radius 3 is 3.09 bits per heavy atom. The van der Waals surface area contributed by atoms with E-state index in [0.29, 0.717) is 5.25 Å². The van der Waals surface area contributed by atoms with Crippen molar-refractivity contribution in [2.45, 2.75) is 31.7 Å². The van der Waals surface area contributed by atoms with Crippen molar-refractivity contribution in [3.8, 4) is 0 Å². The van der Waals surface area contributed by atoms with Gasteiger partial charge in [-0.1, -0.05) is 30.9 Å². The van der Waals surface area contributed by atoms with E-state index >= 15 is 0 Å². The molecule has 1 aliphatic heterocycles. The Morgan fingerprint density at radius 2 is 2.55 bits per heavy atom. The van der Waals surface area contributed by atoms with Gasteiger partial charge in [0.05, 0.1) is 0 Å². The Balaban J connectivity index is 2.36. The van der Waals surface area contributed by atoms with Crippen LogP contribution in [-0.4, -0.2) is 22.4 Å². The molecule has 1 fully saturated rings. The molecule has 1 rings (SSSR count). The van der Waals surface area contributed by atoms with E-state index in [1.165, 1.54) is 0 Å². The molecule has 1 N–H and O–H groups in total. The quantitative estimate of drug-likeness (QED) is 0.671. The van der Waals surface area contributed by atoms with E-state index in [9.17, 15) is 0 Å². The number of rotatable bonds is 2. The van der Waals surface area contributed by atoms with Gasteiger partial charge in [0.25, 0.3) is 0 Å². The van der Waals surface area contributed by atoms with Crippen LogP contribution in [0.4, 0.5) is 0 Å². The van der Waals surface area contributed by atoms with Crippen molar-refractivity contribution >= 4 is 28.3 Å². The predicted molar refractivity (Wildman–Crippen MR) is 52.8 cm³/mol. The van der Waals surface area contributed by atoms with Gasteiger partial charge in [-0.05, 0) is 6.92 Å². The van der Waals surface area contributed by atoms with E-state index in [0.717, 1.165) is 17.3 Å². The van der Waals surface area contributed by atoms with E-state index < -0.39 is 0 Å². The second-order valence-corrected chi connectivity index (χ2v) is 4.66. The fourth-order valence-corrected chi connectivity index (χ4v) is 2.53. The molecule has 11 heavy (non-hydrogen) atoms. The zero-order valence-electron chi connectivity index (χ0n) is 6.79. The Morgan fingerprint density at radius 1 is 1.82 bits per heavy atom. The maximum atomic E-state index is 5.41. The third kappa shape index (κ3) is 2.97. The van der Waals surface area contributed by atoms with Crippen LogP contribution in [-0.2, 0) is 4.74 Å². The zero-order chi connectivity index (χ0) is 8.27. The minimum Gasteiger partial charge on any atom is -0.359 e. The molecule has 0 radical (unpaired) electrons. The highest BCUT2D eigenvalue weighted by Crippen LogP contribution is 2.22. The minimum absolute atomic E-state index is 0.142. The summed E-state index contributed by atoms with van der Waals surface area (Å²) in [6.45, 7) is 4.92. The van der Waals surface area contributed by atoms with E-state index in [4.69, 9.17) is 17.0 Å². The number of nitrogens with one attached hydrogen (secondary N) is 1. The van der Waals surface area contributed by atoms with Crippen molar-refractivity contribution in [1.82, 2.24) is 5.32 Å². The van der Waals surface area contributed by atoms with Crippen molar-refractivity contribution in [1.29, 1.82) is 0 Å². The van der Waals surface area contributed by atoms with Gasteiger partial charge in [0.15, 0.2) is 0 Å². The average molecular weight is 191 g/mol. The fourth-order valence-electron chi connectivity index (χ4n) is 1.07. The predicted octanol–water partition coefficient (Wildman–Crippen LogP) is 1.75. The molecule has 0 amide bonds. The van der Waals surface area contributed by atoms with Crippen LogP contribution >= 0.6 is 24.0 Å². The van der Waals surface area contributed by atoms with Crippen LogP contribution < -0.4 is 5.32 Å². The average Bonchev–Trinajstić information content (AvgIpc) is 1.85. The first-order valence-corrected chi connectivity index (χ1v) is 5.10. The third-order valence-corrected chi connectivity index (χ3v) is 2.83. The molecule has 4 heteroatoms. The molecule has 1 saturated heterocycles. The number of hydrogen-bond acceptors (Lipinski definition) is 3. The summed E-state index contributed by atoms with van der Waals surface area (Å²) in [5, 5.41) is 3.70. The van der Waals surface area contributed by atoms with Crippen LogP contribution in [0.5, 0.6) is 0 Å². The molecule has 0 saturated carbocycles. The molecule has 0 unspecified atom stereocenters. The lowest BCUT2D eigenvalue weighted by Gasteiger charge is -2.28. The molecule has 0 spiro atoms. The summed E-state index contributed by atoms with van der Waals surface area (Å²) in [6.07, 6.45) is 1.18. The molecule has 0 aromatic heterocycles. The molecule has 0 aromatic carbocycles. The van der Waals surface area contributed by atoms with E-state index in [1.54, 1.807) is 11.8 Å². The lowest BCUT2D eigenvalue weighted by atomic mass is 10.3. The minimum atomic E-state index is 0.142. The van der Waals surface area contributed by atoms with Crippen LogP contribution in [0.1, 0.15) is 20.3 Å². The lowest BCUT2D eigenvalue weighted by Crippen LogP contribution is -2.41. The highest BCUT2D eigenvalue weighted by molar-refractivity contribution is 8.23. The van der Waals surface area contributed by atoms with Gasteiger partial charge in [0.1, 0.15) is 10.5 Å². The highest BCUT2D eigenvalue weighted by Gasteiger charge is 2.21. The Labute approximate surface area is 77.1 Å². The lowest BCUT2D eigenvalue weighted by molar-refractivity contribution is 0.0467. The molecule has 2 nitrogen and oxygen atoms in total. The first-order valence-electron chi connectivity index (χ1n) is 3.81. The van der Waals surface area contributed by atoms with Crippen molar-refractivity contribution in [3.05, 3.63) is 0 Å². The van der Waals surface area contributed by atoms with Crippen LogP contribution in [0, 0.1) is 0 Å². The SMILES string of the molecule is CCO[C@@H]1C[C@H](C)SC(=S)N1. The van der Waals surface area contributed by atoms with E-state index in [-0.39, 0.29) is 6.23 Å². The Kier molecular flexibility index (Phi) is 3.62. The number of thioether (sulfide) groups is 1. The second-order valence-electron chi connectivity index (χ2n) is 2.54. The largest absolute Gasteiger partial charge is 0.359 e. The van der Waals surface area contributed by atoms with Gasteiger partial charge >= 0.3 is 0 Å². The summed E-state index contributed by atoms with van der Waals surface area (Å²) in [5.41, 5.74) is 0. The van der Waals surface area contributed by atoms with Crippen LogP contribution in [0.3, 0.4) is 0 Å². The molecule has 0 aromatic rings. The van der Waals surface area contributed by atoms with Crippen molar-refractivity contribution in [3.63, 3.8) is 0 Å². The molecule has 64 valence electrons. The summed E-state index contributed by atoms with van der Waals surface area (Å²) in [4.78, 5) is 0. The van der Waals surface area contributed by atoms with Gasteiger partial charge in [-0.15, -0.1) is 0 Å². The van der Waals surface area contributed by atoms with Gasteiger partial charge in [0.2, 0.25) is 0 Å². The van der Waals surface area contributed by atoms with Crippen molar-refractivity contribution in [2.24, 2.45) is 0 Å². The summed E-state index contributed by atoms with van der Waals surface area (Å²) in [5.74, 6) is 0. The monoisotopic (exact) mass is 191 g/mol. The molecule has 1 heterocycles. The molecule has 0 aliphatic carbocycles. The maximum absolute atomic E-state index is 5.41. The fraction of sp³-hybridized carbons (Fsp3) is 0.857. The number of ether oxygens (including phenoxy) is 1. The van der Waals surface area contributed by atoms with Crippen LogP contribution in [0.15, 0.2) is 0 Å².